The second-order valence-corrected chi connectivity index (χ2v) is 8.98. The zero-order chi connectivity index (χ0) is 26.4. The van der Waals surface area contributed by atoms with Crippen molar-refractivity contribution in [3.05, 3.63) is 72.1 Å². The number of anilines is 1. The zero-order valence-electron chi connectivity index (χ0n) is 20.6. The van der Waals surface area contributed by atoms with E-state index in [1.165, 1.54) is 0 Å². The number of allylic oxidation sites excluding steroid dienone is 2. The summed E-state index contributed by atoms with van der Waals surface area (Å²) >= 11 is 0. The Balaban J connectivity index is 1.35. The number of hydrogen-bond acceptors (Lipinski definition) is 6. The number of hydrogen-bond donors (Lipinski definition) is 2. The standard InChI is InChI=1S/C26H29F3N6O2/c1-34(2)10-4-12-37-24-8-7-20(15-31-24)18-9-11-35-22(16-30-23(35)14-18)19-5-3-6-21(13-19)33-25(36)32-17-26(27,28)29/h3,5-9,11,13-15,22H,4,10,12,16-17H2,1-2H3,(H2,32,33,36). The van der Waals surface area contributed by atoms with Crippen LogP contribution in [0.3, 0.4) is 0 Å². The lowest BCUT2D eigenvalue weighted by Gasteiger charge is -2.26. The van der Waals surface area contributed by atoms with Crippen LogP contribution in [-0.2, 0) is 0 Å². The fourth-order valence-electron chi connectivity index (χ4n) is 3.98. The smallest absolute Gasteiger partial charge is 0.405 e. The van der Waals surface area contributed by atoms with Gasteiger partial charge in [0.1, 0.15) is 12.4 Å². The van der Waals surface area contributed by atoms with Crippen LogP contribution in [0.2, 0.25) is 0 Å². The lowest BCUT2D eigenvalue weighted by atomic mass is 10.0. The van der Waals surface area contributed by atoms with Gasteiger partial charge in [-0.2, -0.15) is 13.2 Å². The number of nitrogens with one attached hydrogen (secondary N) is 2. The van der Waals surface area contributed by atoms with Crippen molar-refractivity contribution in [2.45, 2.75) is 18.6 Å². The maximum absolute atomic E-state index is 12.3. The highest BCUT2D eigenvalue weighted by Crippen LogP contribution is 2.33. The number of pyridine rings is 1. The van der Waals surface area contributed by atoms with Crippen molar-refractivity contribution < 1.29 is 22.7 Å². The Bertz CT molecular complexity index is 1190. The average Bonchev–Trinajstić information content (AvgIpc) is 3.29. The molecule has 0 fully saturated rings. The van der Waals surface area contributed by atoms with Gasteiger partial charge in [0.05, 0.1) is 19.2 Å². The van der Waals surface area contributed by atoms with E-state index in [-0.39, 0.29) is 6.04 Å². The fraction of sp³-hybridized carbons (Fsp3) is 0.346. The lowest BCUT2D eigenvalue weighted by molar-refractivity contribution is -0.122. The molecule has 1 aromatic heterocycles. The highest BCUT2D eigenvalue weighted by atomic mass is 19.4. The predicted molar refractivity (Wildman–Crippen MR) is 136 cm³/mol. The summed E-state index contributed by atoms with van der Waals surface area (Å²) in [5.41, 5.74) is 3.20. The van der Waals surface area contributed by atoms with Crippen LogP contribution in [0, 0.1) is 0 Å². The molecule has 2 aliphatic rings. The van der Waals surface area contributed by atoms with Gasteiger partial charge in [0.2, 0.25) is 5.88 Å². The van der Waals surface area contributed by atoms with E-state index in [1.807, 2.05) is 55.5 Å². The molecule has 2 amide bonds. The second-order valence-electron chi connectivity index (χ2n) is 8.98. The Morgan fingerprint density at radius 1 is 1.24 bits per heavy atom. The SMILES string of the molecule is CN(C)CCCOc1ccc(C2=CC3=NCC(c4cccc(NC(=O)NCC(F)(F)F)c4)N3C=C2)cn1. The van der Waals surface area contributed by atoms with Crippen LogP contribution < -0.4 is 15.4 Å². The number of rotatable bonds is 9. The number of aliphatic imine (C=N–C) groups is 1. The van der Waals surface area contributed by atoms with Crippen LogP contribution in [0.4, 0.5) is 23.7 Å². The van der Waals surface area contributed by atoms with Crippen LogP contribution in [0.25, 0.3) is 5.57 Å². The van der Waals surface area contributed by atoms with Crippen LogP contribution in [0.5, 0.6) is 5.88 Å². The monoisotopic (exact) mass is 514 g/mol. The number of ether oxygens (including phenoxy) is 1. The summed E-state index contributed by atoms with van der Waals surface area (Å²) in [6.07, 6.45) is 4.15. The molecule has 2 aliphatic heterocycles. The number of fused-ring (bicyclic) bond motifs is 1. The number of alkyl halides is 3. The molecule has 2 aromatic rings. The summed E-state index contributed by atoms with van der Waals surface area (Å²) in [6.45, 7) is 0.668. The molecular weight excluding hydrogens is 485 g/mol. The summed E-state index contributed by atoms with van der Waals surface area (Å²) in [7, 11) is 4.05. The Morgan fingerprint density at radius 3 is 2.81 bits per heavy atom. The lowest BCUT2D eigenvalue weighted by Crippen LogP contribution is -2.36. The normalized spacial score (nSPS) is 16.8. The van der Waals surface area contributed by atoms with Gasteiger partial charge >= 0.3 is 12.2 Å². The molecule has 0 saturated heterocycles. The van der Waals surface area contributed by atoms with Gasteiger partial charge in [0.25, 0.3) is 0 Å². The van der Waals surface area contributed by atoms with Gasteiger partial charge in [-0.25, -0.2) is 9.78 Å². The van der Waals surface area contributed by atoms with E-state index in [9.17, 15) is 18.0 Å². The van der Waals surface area contributed by atoms with Crippen molar-refractivity contribution in [2.75, 3.05) is 45.7 Å². The Morgan fingerprint density at radius 2 is 2.08 bits per heavy atom. The van der Waals surface area contributed by atoms with Crippen LogP contribution in [0.15, 0.2) is 65.9 Å². The maximum Gasteiger partial charge on any atom is 0.405 e. The molecule has 0 spiro atoms. The molecule has 0 bridgehead atoms. The van der Waals surface area contributed by atoms with E-state index in [0.29, 0.717) is 24.7 Å². The van der Waals surface area contributed by atoms with E-state index >= 15 is 0 Å². The van der Waals surface area contributed by atoms with Crippen molar-refractivity contribution in [1.29, 1.82) is 0 Å². The van der Waals surface area contributed by atoms with Gasteiger partial charge in [-0.3, -0.25) is 4.99 Å². The highest BCUT2D eigenvalue weighted by molar-refractivity contribution is 6.04. The molecule has 1 unspecified atom stereocenters. The van der Waals surface area contributed by atoms with E-state index in [2.05, 4.69) is 20.2 Å². The number of aromatic nitrogens is 1. The first-order chi connectivity index (χ1) is 17.7. The number of carbonyl (C=O) groups is 1. The number of carbonyl (C=O) groups excluding carboxylic acids is 1. The molecule has 37 heavy (non-hydrogen) atoms. The maximum atomic E-state index is 12.3. The molecule has 1 atom stereocenters. The van der Waals surface area contributed by atoms with E-state index < -0.39 is 18.8 Å². The van der Waals surface area contributed by atoms with Crippen LogP contribution in [-0.4, -0.2) is 73.2 Å². The van der Waals surface area contributed by atoms with Crippen molar-refractivity contribution in [2.24, 2.45) is 4.99 Å². The van der Waals surface area contributed by atoms with Crippen molar-refractivity contribution >= 4 is 23.1 Å². The van der Waals surface area contributed by atoms with Gasteiger partial charge in [-0.05, 0) is 62.0 Å². The minimum Gasteiger partial charge on any atom is -0.478 e. The molecule has 196 valence electrons. The van der Waals surface area contributed by atoms with Gasteiger partial charge < -0.3 is 25.2 Å². The molecule has 4 rings (SSSR count). The van der Waals surface area contributed by atoms with Gasteiger partial charge in [0.15, 0.2) is 0 Å². The fourth-order valence-corrected chi connectivity index (χ4v) is 3.98. The summed E-state index contributed by atoms with van der Waals surface area (Å²) in [5, 5.41) is 4.25. The minimum absolute atomic E-state index is 0.0971. The number of nitrogens with zero attached hydrogens (tertiary/aromatic N) is 4. The molecule has 0 aliphatic carbocycles. The third-order valence-corrected chi connectivity index (χ3v) is 5.77. The first kappa shape index (κ1) is 26.2. The Kier molecular flexibility index (Phi) is 8.12. The highest BCUT2D eigenvalue weighted by Gasteiger charge is 2.29. The zero-order valence-corrected chi connectivity index (χ0v) is 20.6. The second kappa shape index (κ2) is 11.5. The third kappa shape index (κ3) is 7.32. The number of amidine groups is 1. The summed E-state index contributed by atoms with van der Waals surface area (Å²) < 4.78 is 42.7. The average molecular weight is 515 g/mol. The van der Waals surface area contributed by atoms with E-state index in [1.54, 1.807) is 29.7 Å². The van der Waals surface area contributed by atoms with Crippen molar-refractivity contribution in [3.63, 3.8) is 0 Å². The molecule has 0 saturated carbocycles. The Hall–Kier alpha value is -3.86. The number of benzene rings is 1. The Labute approximate surface area is 213 Å². The molecule has 8 nitrogen and oxygen atoms in total. The first-order valence-corrected chi connectivity index (χ1v) is 11.9. The van der Waals surface area contributed by atoms with Crippen LogP contribution in [0.1, 0.15) is 23.6 Å². The van der Waals surface area contributed by atoms with Gasteiger partial charge in [-0.1, -0.05) is 12.1 Å². The quantitative estimate of drug-likeness (QED) is 0.483. The molecule has 2 N–H and O–H groups in total. The largest absolute Gasteiger partial charge is 0.478 e. The minimum atomic E-state index is -4.47. The van der Waals surface area contributed by atoms with E-state index in [4.69, 9.17) is 4.74 Å². The van der Waals surface area contributed by atoms with Crippen molar-refractivity contribution in [1.82, 2.24) is 20.1 Å². The summed E-state index contributed by atoms with van der Waals surface area (Å²) in [4.78, 5) is 25.0. The van der Waals surface area contributed by atoms with Crippen LogP contribution >= 0.6 is 0 Å². The van der Waals surface area contributed by atoms with Crippen molar-refractivity contribution in [3.8, 4) is 5.88 Å². The predicted octanol–water partition coefficient (Wildman–Crippen LogP) is 4.46. The molecule has 1 aromatic carbocycles. The van der Waals surface area contributed by atoms with E-state index in [0.717, 1.165) is 35.5 Å². The number of amides is 2. The molecule has 3 heterocycles. The molecule has 0 radical (unpaired) electrons. The topological polar surface area (TPSA) is 82.1 Å². The van der Waals surface area contributed by atoms with Gasteiger partial charge in [0, 0.05) is 36.3 Å². The molecule has 11 heteroatoms. The third-order valence-electron chi connectivity index (χ3n) is 5.77. The summed E-state index contributed by atoms with van der Waals surface area (Å²) in [6, 6.07) is 9.82. The van der Waals surface area contributed by atoms with Gasteiger partial charge in [-0.15, -0.1) is 0 Å². The number of halogens is 3. The molecular formula is C26H29F3N6O2. The number of urea groups is 1. The summed E-state index contributed by atoms with van der Waals surface area (Å²) in [5.74, 6) is 1.39. The first-order valence-electron chi connectivity index (χ1n) is 11.9.